The monoisotopic (exact) mass is 495 g/mol. The highest BCUT2D eigenvalue weighted by Gasteiger charge is 2.38. The summed E-state index contributed by atoms with van der Waals surface area (Å²) in [4.78, 5) is 29.0. The van der Waals surface area contributed by atoms with E-state index in [1.54, 1.807) is 36.1 Å². The molecule has 3 aliphatic heterocycles. The Labute approximate surface area is 219 Å². The average Bonchev–Trinajstić information content (AvgIpc) is 2.83. The standard InChI is InChI=1S/C31H49N3O2/c1-20-14-24(28-10-6-12-33(22(3)35)30(28)16-20)18-26-8-5-9-27(32-26)19-25-15-21(2)17-31-29(25)11-7-13-34(31)23(4)36/h20-21,26-27,30-32H,5-19H2,1-4H3/t20-,21-,26-,27+,30-,31-/m0/s1. The van der Waals surface area contributed by atoms with Crippen molar-refractivity contribution in [3.63, 3.8) is 0 Å². The molecule has 0 saturated carbocycles. The van der Waals surface area contributed by atoms with Gasteiger partial charge in [-0.05, 0) is 100 Å². The van der Waals surface area contributed by atoms with Crippen LogP contribution in [-0.2, 0) is 9.59 Å². The van der Waals surface area contributed by atoms with Crippen LogP contribution in [0.2, 0.25) is 0 Å². The second-order valence-electron chi connectivity index (χ2n) is 12.9. The zero-order valence-electron chi connectivity index (χ0n) is 23.3. The van der Waals surface area contributed by atoms with Crippen LogP contribution in [0.1, 0.15) is 111 Å². The SMILES string of the molecule is CC(=O)N1CCCC2=C(C[C@H]3CCC[C@@H](CC4=C5CCCN(C(C)=O)[C@H]5C[C@@H](C)C4)N3)C[C@H](C)C[C@@H]21. The van der Waals surface area contributed by atoms with Crippen LogP contribution in [0.3, 0.4) is 0 Å². The number of carbonyl (C=O) groups excluding carboxylic acids is 2. The Morgan fingerprint density at radius 3 is 1.61 bits per heavy atom. The molecule has 3 fully saturated rings. The molecule has 5 aliphatic rings. The van der Waals surface area contributed by atoms with Gasteiger partial charge in [-0.1, -0.05) is 31.4 Å². The van der Waals surface area contributed by atoms with E-state index in [-0.39, 0.29) is 11.8 Å². The number of likely N-dealkylation sites (tertiary alicyclic amines) is 2. The fourth-order valence-electron chi connectivity index (χ4n) is 8.51. The van der Waals surface area contributed by atoms with Crippen molar-refractivity contribution in [2.75, 3.05) is 13.1 Å². The first-order valence-electron chi connectivity index (χ1n) is 15.0. The molecule has 0 aromatic heterocycles. The predicted molar refractivity (Wildman–Crippen MR) is 145 cm³/mol. The van der Waals surface area contributed by atoms with Gasteiger partial charge in [0.25, 0.3) is 0 Å². The van der Waals surface area contributed by atoms with E-state index >= 15 is 0 Å². The Hall–Kier alpha value is -1.62. The zero-order chi connectivity index (χ0) is 25.4. The van der Waals surface area contributed by atoms with Crippen molar-refractivity contribution < 1.29 is 9.59 Å². The largest absolute Gasteiger partial charge is 0.336 e. The number of nitrogens with one attached hydrogen (secondary N) is 1. The summed E-state index contributed by atoms with van der Waals surface area (Å²) in [6.45, 7) is 10.1. The molecule has 0 unspecified atom stereocenters. The lowest BCUT2D eigenvalue weighted by Gasteiger charge is -2.45. The maximum Gasteiger partial charge on any atom is 0.219 e. The molecule has 5 rings (SSSR count). The molecule has 2 amide bonds. The van der Waals surface area contributed by atoms with E-state index in [1.165, 1.54) is 57.8 Å². The number of hydrogen-bond donors (Lipinski definition) is 1. The van der Waals surface area contributed by atoms with Crippen LogP contribution in [0, 0.1) is 11.8 Å². The zero-order valence-corrected chi connectivity index (χ0v) is 23.3. The molecular weight excluding hydrogens is 446 g/mol. The van der Waals surface area contributed by atoms with Crippen molar-refractivity contribution in [1.82, 2.24) is 15.1 Å². The van der Waals surface area contributed by atoms with E-state index in [0.717, 1.165) is 38.8 Å². The van der Waals surface area contributed by atoms with Gasteiger partial charge in [0, 0.05) is 39.0 Å². The number of hydrogen-bond acceptors (Lipinski definition) is 3. The third-order valence-corrected chi connectivity index (χ3v) is 9.97. The molecule has 5 nitrogen and oxygen atoms in total. The number of amides is 2. The fourth-order valence-corrected chi connectivity index (χ4v) is 8.51. The smallest absolute Gasteiger partial charge is 0.219 e. The van der Waals surface area contributed by atoms with Gasteiger partial charge in [0.1, 0.15) is 0 Å². The molecule has 0 bridgehead atoms. The number of nitrogens with zero attached hydrogens (tertiary/aromatic N) is 2. The summed E-state index contributed by atoms with van der Waals surface area (Å²) in [5, 5.41) is 4.11. The number of piperidine rings is 3. The minimum absolute atomic E-state index is 0.252. The third-order valence-electron chi connectivity index (χ3n) is 9.97. The van der Waals surface area contributed by atoms with E-state index in [0.29, 0.717) is 36.0 Å². The molecular formula is C31H49N3O2. The molecule has 3 heterocycles. The molecule has 1 N–H and O–H groups in total. The van der Waals surface area contributed by atoms with E-state index in [4.69, 9.17) is 0 Å². The van der Waals surface area contributed by atoms with Crippen molar-refractivity contribution in [3.8, 4) is 0 Å². The van der Waals surface area contributed by atoms with E-state index in [2.05, 4.69) is 29.0 Å². The molecule has 0 spiro atoms. The number of carbonyl (C=O) groups is 2. The normalized spacial score (nSPS) is 35.4. The predicted octanol–water partition coefficient (Wildman–Crippen LogP) is 5.75. The van der Waals surface area contributed by atoms with Gasteiger partial charge in [0.15, 0.2) is 0 Å². The van der Waals surface area contributed by atoms with Crippen LogP contribution < -0.4 is 5.32 Å². The van der Waals surface area contributed by atoms with Crippen LogP contribution in [-0.4, -0.2) is 58.9 Å². The first-order chi connectivity index (χ1) is 17.3. The topological polar surface area (TPSA) is 52.7 Å². The Morgan fingerprint density at radius 2 is 1.19 bits per heavy atom. The van der Waals surface area contributed by atoms with Crippen molar-refractivity contribution in [1.29, 1.82) is 0 Å². The highest BCUT2D eigenvalue weighted by atomic mass is 16.2. The molecule has 36 heavy (non-hydrogen) atoms. The van der Waals surface area contributed by atoms with Gasteiger partial charge in [0.05, 0.1) is 12.1 Å². The Balaban J connectivity index is 1.29. The maximum atomic E-state index is 12.3. The molecule has 6 atom stereocenters. The van der Waals surface area contributed by atoms with Gasteiger partial charge in [-0.3, -0.25) is 9.59 Å². The molecule has 0 radical (unpaired) electrons. The van der Waals surface area contributed by atoms with E-state index < -0.39 is 0 Å². The second kappa shape index (κ2) is 11.0. The Kier molecular flexibility index (Phi) is 7.95. The first-order valence-corrected chi connectivity index (χ1v) is 15.0. The summed E-state index contributed by atoms with van der Waals surface area (Å²) >= 11 is 0. The van der Waals surface area contributed by atoms with Gasteiger partial charge in [0.2, 0.25) is 11.8 Å². The van der Waals surface area contributed by atoms with Gasteiger partial charge in [-0.2, -0.15) is 0 Å². The van der Waals surface area contributed by atoms with Crippen LogP contribution in [0.5, 0.6) is 0 Å². The molecule has 2 aliphatic carbocycles. The molecule has 5 heteroatoms. The molecule has 3 saturated heterocycles. The van der Waals surface area contributed by atoms with Crippen molar-refractivity contribution in [3.05, 3.63) is 22.3 Å². The quantitative estimate of drug-likeness (QED) is 0.505. The summed E-state index contributed by atoms with van der Waals surface area (Å²) in [6.07, 6.45) is 15.5. The van der Waals surface area contributed by atoms with Crippen LogP contribution >= 0.6 is 0 Å². The highest BCUT2D eigenvalue weighted by molar-refractivity contribution is 5.75. The van der Waals surface area contributed by atoms with E-state index in [9.17, 15) is 9.59 Å². The summed E-state index contributed by atoms with van der Waals surface area (Å²) in [5.74, 6) is 1.83. The van der Waals surface area contributed by atoms with Gasteiger partial charge in [-0.25, -0.2) is 0 Å². The summed E-state index contributed by atoms with van der Waals surface area (Å²) in [5.41, 5.74) is 6.55. The number of rotatable bonds is 4. The molecule has 0 aromatic rings. The van der Waals surface area contributed by atoms with Crippen molar-refractivity contribution in [2.24, 2.45) is 11.8 Å². The summed E-state index contributed by atoms with van der Waals surface area (Å²) < 4.78 is 0. The van der Waals surface area contributed by atoms with Gasteiger partial charge in [-0.15, -0.1) is 0 Å². The lowest BCUT2D eigenvalue weighted by molar-refractivity contribution is -0.132. The molecule has 200 valence electrons. The van der Waals surface area contributed by atoms with Gasteiger partial charge < -0.3 is 15.1 Å². The minimum atomic E-state index is 0.252. The highest BCUT2D eigenvalue weighted by Crippen LogP contribution is 2.42. The van der Waals surface area contributed by atoms with Crippen molar-refractivity contribution in [2.45, 2.75) is 135 Å². The summed E-state index contributed by atoms with van der Waals surface area (Å²) in [7, 11) is 0. The third kappa shape index (κ3) is 5.47. The minimum Gasteiger partial charge on any atom is -0.336 e. The van der Waals surface area contributed by atoms with Crippen LogP contribution in [0.25, 0.3) is 0 Å². The summed E-state index contributed by atoms with van der Waals surface area (Å²) in [6, 6.07) is 1.84. The lowest BCUT2D eigenvalue weighted by Crippen LogP contribution is -2.48. The van der Waals surface area contributed by atoms with Crippen molar-refractivity contribution >= 4 is 11.8 Å². The Morgan fingerprint density at radius 1 is 0.750 bits per heavy atom. The van der Waals surface area contributed by atoms with Crippen LogP contribution in [0.4, 0.5) is 0 Å². The maximum absolute atomic E-state index is 12.3. The second-order valence-corrected chi connectivity index (χ2v) is 12.9. The molecule has 0 aromatic carbocycles. The Bertz CT molecular complexity index is 849. The van der Waals surface area contributed by atoms with Gasteiger partial charge >= 0.3 is 0 Å². The first kappa shape index (κ1) is 26.0. The fraction of sp³-hybridized carbons (Fsp3) is 0.806. The lowest BCUT2D eigenvalue weighted by atomic mass is 9.74. The average molecular weight is 496 g/mol. The van der Waals surface area contributed by atoms with Crippen LogP contribution in [0.15, 0.2) is 22.3 Å². The number of fused-ring (bicyclic) bond motifs is 2. The van der Waals surface area contributed by atoms with E-state index in [1.807, 2.05) is 0 Å².